The van der Waals surface area contributed by atoms with Crippen LogP contribution in [0.3, 0.4) is 0 Å². The molecule has 2 heterocycles. The first kappa shape index (κ1) is 14.7. The van der Waals surface area contributed by atoms with Crippen molar-refractivity contribution in [3.05, 3.63) is 17.5 Å². The van der Waals surface area contributed by atoms with Crippen LogP contribution in [-0.4, -0.2) is 41.7 Å². The number of carbonyl (C=O) groups excluding carboxylic acids is 1. The van der Waals surface area contributed by atoms with Crippen molar-refractivity contribution in [2.24, 2.45) is 11.7 Å². The van der Waals surface area contributed by atoms with Crippen LogP contribution < -0.4 is 10.6 Å². The predicted octanol–water partition coefficient (Wildman–Crippen LogP) is 1.14. The summed E-state index contributed by atoms with van der Waals surface area (Å²) in [5, 5.41) is 0. The van der Waals surface area contributed by atoms with Gasteiger partial charge in [0.25, 0.3) is 0 Å². The summed E-state index contributed by atoms with van der Waals surface area (Å²) in [6.45, 7) is 7.74. The number of anilines is 1. The number of hydrogen-bond donors (Lipinski definition) is 1. The minimum Gasteiger partial charge on any atom is -0.462 e. The maximum Gasteiger partial charge on any atom is 0.341 e. The quantitative estimate of drug-likeness (QED) is 0.832. The molecule has 2 atom stereocenters. The first-order chi connectivity index (χ1) is 9.52. The molecule has 0 aromatic carbocycles. The van der Waals surface area contributed by atoms with Gasteiger partial charge in [0.1, 0.15) is 0 Å². The van der Waals surface area contributed by atoms with Crippen LogP contribution in [0, 0.1) is 12.8 Å². The minimum atomic E-state index is -0.369. The number of nitrogens with two attached hydrogens (primary N) is 1. The molecule has 2 unspecified atom stereocenters. The zero-order chi connectivity index (χ0) is 14.7. The molecular weight excluding hydrogens is 256 g/mol. The van der Waals surface area contributed by atoms with E-state index < -0.39 is 0 Å². The number of esters is 1. The van der Waals surface area contributed by atoms with Crippen molar-refractivity contribution in [2.45, 2.75) is 33.2 Å². The maximum absolute atomic E-state index is 11.7. The molecule has 6 nitrogen and oxygen atoms in total. The largest absolute Gasteiger partial charge is 0.462 e. The molecule has 0 aliphatic carbocycles. The Hall–Kier alpha value is -1.69. The molecule has 1 aliphatic heterocycles. The van der Waals surface area contributed by atoms with E-state index in [1.807, 2.05) is 6.92 Å². The van der Waals surface area contributed by atoms with Gasteiger partial charge in [0, 0.05) is 25.3 Å². The molecule has 110 valence electrons. The minimum absolute atomic E-state index is 0.180. The van der Waals surface area contributed by atoms with Crippen LogP contribution in [0.4, 0.5) is 5.95 Å². The average molecular weight is 278 g/mol. The second-order valence-corrected chi connectivity index (χ2v) is 5.24. The molecule has 0 spiro atoms. The third-order valence-corrected chi connectivity index (χ3v) is 3.71. The highest BCUT2D eigenvalue weighted by Gasteiger charge is 2.27. The van der Waals surface area contributed by atoms with Gasteiger partial charge in [-0.05, 0) is 33.1 Å². The number of aromatic nitrogens is 2. The van der Waals surface area contributed by atoms with Crippen LogP contribution in [0.15, 0.2) is 6.20 Å². The van der Waals surface area contributed by atoms with Crippen molar-refractivity contribution in [3.63, 3.8) is 0 Å². The number of hydrogen-bond acceptors (Lipinski definition) is 6. The summed E-state index contributed by atoms with van der Waals surface area (Å²) in [4.78, 5) is 22.5. The van der Waals surface area contributed by atoms with Crippen molar-refractivity contribution < 1.29 is 9.53 Å². The van der Waals surface area contributed by atoms with E-state index in [0.29, 0.717) is 29.7 Å². The summed E-state index contributed by atoms with van der Waals surface area (Å²) in [6, 6.07) is 0.180. The van der Waals surface area contributed by atoms with Gasteiger partial charge in [-0.2, -0.15) is 0 Å². The van der Waals surface area contributed by atoms with Crippen LogP contribution in [0.25, 0.3) is 0 Å². The molecule has 0 saturated carbocycles. The van der Waals surface area contributed by atoms with Crippen molar-refractivity contribution in [1.29, 1.82) is 0 Å². The molecule has 2 rings (SSSR count). The number of ether oxygens (including phenoxy) is 1. The van der Waals surface area contributed by atoms with Crippen LogP contribution >= 0.6 is 0 Å². The van der Waals surface area contributed by atoms with Gasteiger partial charge >= 0.3 is 5.97 Å². The predicted molar refractivity (Wildman–Crippen MR) is 76.7 cm³/mol. The average Bonchev–Trinajstić information content (AvgIpc) is 2.88. The van der Waals surface area contributed by atoms with Crippen molar-refractivity contribution in [1.82, 2.24) is 9.97 Å². The van der Waals surface area contributed by atoms with E-state index in [4.69, 9.17) is 10.5 Å². The van der Waals surface area contributed by atoms with E-state index in [9.17, 15) is 4.79 Å². The van der Waals surface area contributed by atoms with Crippen molar-refractivity contribution in [2.75, 3.05) is 24.6 Å². The Morgan fingerprint density at radius 3 is 2.95 bits per heavy atom. The number of nitrogens with zero attached hydrogens (tertiary/aromatic N) is 3. The van der Waals surface area contributed by atoms with Crippen LogP contribution in [0.2, 0.25) is 0 Å². The highest BCUT2D eigenvalue weighted by Crippen LogP contribution is 2.23. The van der Waals surface area contributed by atoms with Crippen LogP contribution in [-0.2, 0) is 4.74 Å². The molecule has 0 bridgehead atoms. The summed E-state index contributed by atoms with van der Waals surface area (Å²) >= 11 is 0. The number of carbonyl (C=O) groups is 1. The Labute approximate surface area is 119 Å². The Kier molecular flexibility index (Phi) is 4.54. The Balaban J connectivity index is 2.12. The standard InChI is InChI=1S/C14H22N4O2/c1-4-20-13(19)12-7-16-14(17-10(12)3)18-6-5-11(8-18)9(2)15/h7,9,11H,4-6,8,15H2,1-3H3. The first-order valence-corrected chi connectivity index (χ1v) is 7.04. The van der Waals surface area contributed by atoms with Gasteiger partial charge in [-0.25, -0.2) is 14.8 Å². The monoisotopic (exact) mass is 278 g/mol. The molecule has 0 amide bonds. The Morgan fingerprint density at radius 1 is 1.65 bits per heavy atom. The molecule has 1 fully saturated rings. The molecular formula is C14H22N4O2. The Morgan fingerprint density at radius 2 is 2.40 bits per heavy atom. The maximum atomic E-state index is 11.7. The smallest absolute Gasteiger partial charge is 0.341 e. The van der Waals surface area contributed by atoms with Crippen molar-refractivity contribution >= 4 is 11.9 Å². The lowest BCUT2D eigenvalue weighted by Gasteiger charge is -2.18. The van der Waals surface area contributed by atoms with Crippen LogP contribution in [0.1, 0.15) is 36.3 Å². The van der Waals surface area contributed by atoms with Gasteiger partial charge in [0.2, 0.25) is 5.95 Å². The van der Waals surface area contributed by atoms with Gasteiger partial charge in [-0.1, -0.05) is 0 Å². The fraction of sp³-hybridized carbons (Fsp3) is 0.643. The number of aryl methyl sites for hydroxylation is 1. The van der Waals surface area contributed by atoms with Gasteiger partial charge in [0.15, 0.2) is 0 Å². The van der Waals surface area contributed by atoms with E-state index >= 15 is 0 Å². The van der Waals surface area contributed by atoms with Crippen molar-refractivity contribution in [3.8, 4) is 0 Å². The molecule has 1 aromatic rings. The normalized spacial score (nSPS) is 20.0. The molecule has 6 heteroatoms. The summed E-state index contributed by atoms with van der Waals surface area (Å²) in [6.07, 6.45) is 2.61. The molecule has 1 saturated heterocycles. The molecule has 1 aliphatic rings. The fourth-order valence-electron chi connectivity index (χ4n) is 2.41. The van der Waals surface area contributed by atoms with Gasteiger partial charge in [0.05, 0.1) is 17.9 Å². The summed E-state index contributed by atoms with van der Waals surface area (Å²) < 4.78 is 4.97. The zero-order valence-corrected chi connectivity index (χ0v) is 12.3. The second-order valence-electron chi connectivity index (χ2n) is 5.24. The molecule has 20 heavy (non-hydrogen) atoms. The van der Waals surface area contributed by atoms with E-state index in [1.54, 1.807) is 20.0 Å². The lowest BCUT2D eigenvalue weighted by Crippen LogP contribution is -2.30. The van der Waals surface area contributed by atoms with E-state index in [2.05, 4.69) is 14.9 Å². The summed E-state index contributed by atoms with van der Waals surface area (Å²) in [7, 11) is 0. The molecule has 0 radical (unpaired) electrons. The third kappa shape index (κ3) is 3.07. The second kappa shape index (κ2) is 6.17. The fourth-order valence-corrected chi connectivity index (χ4v) is 2.41. The summed E-state index contributed by atoms with van der Waals surface area (Å²) in [5.41, 5.74) is 7.02. The summed E-state index contributed by atoms with van der Waals surface area (Å²) in [5.74, 6) is 0.772. The van der Waals surface area contributed by atoms with E-state index in [0.717, 1.165) is 19.5 Å². The van der Waals surface area contributed by atoms with Gasteiger partial charge in [-0.3, -0.25) is 0 Å². The molecule has 1 aromatic heterocycles. The third-order valence-electron chi connectivity index (χ3n) is 3.71. The lowest BCUT2D eigenvalue weighted by molar-refractivity contribution is 0.0524. The Bertz CT molecular complexity index is 490. The molecule has 2 N–H and O–H groups in total. The van der Waals surface area contributed by atoms with E-state index in [1.165, 1.54) is 0 Å². The highest BCUT2D eigenvalue weighted by atomic mass is 16.5. The number of rotatable bonds is 4. The SMILES string of the molecule is CCOC(=O)c1cnc(N2CCC(C(C)N)C2)nc1C. The zero-order valence-electron chi connectivity index (χ0n) is 12.3. The first-order valence-electron chi connectivity index (χ1n) is 7.04. The van der Waals surface area contributed by atoms with Gasteiger partial charge in [-0.15, -0.1) is 0 Å². The van der Waals surface area contributed by atoms with Crippen LogP contribution in [0.5, 0.6) is 0 Å². The highest BCUT2D eigenvalue weighted by molar-refractivity contribution is 5.90. The lowest BCUT2D eigenvalue weighted by atomic mass is 10.0. The van der Waals surface area contributed by atoms with E-state index in [-0.39, 0.29) is 12.0 Å². The van der Waals surface area contributed by atoms with Gasteiger partial charge < -0.3 is 15.4 Å². The topological polar surface area (TPSA) is 81.3 Å².